The van der Waals surface area contributed by atoms with E-state index in [9.17, 15) is 18.0 Å². The monoisotopic (exact) mass is 437 g/mol. The van der Waals surface area contributed by atoms with Gasteiger partial charge >= 0.3 is 0 Å². The van der Waals surface area contributed by atoms with Gasteiger partial charge in [-0.2, -0.15) is 0 Å². The van der Waals surface area contributed by atoms with Gasteiger partial charge in [0.25, 0.3) is 0 Å². The molecule has 1 aliphatic heterocycles. The summed E-state index contributed by atoms with van der Waals surface area (Å²) in [7, 11) is -3.50. The number of nitrogens with one attached hydrogen (secondary N) is 3. The lowest BCUT2D eigenvalue weighted by Crippen LogP contribution is -2.42. The molecule has 0 spiro atoms. The minimum absolute atomic E-state index is 0.0254. The number of sulfonamides is 1. The average Bonchev–Trinajstić information content (AvgIpc) is 3.29. The van der Waals surface area contributed by atoms with Crippen LogP contribution in [-0.4, -0.2) is 52.6 Å². The quantitative estimate of drug-likeness (QED) is 0.537. The largest absolute Gasteiger partial charge is 0.376 e. The van der Waals surface area contributed by atoms with Gasteiger partial charge in [-0.3, -0.25) is 9.59 Å². The van der Waals surface area contributed by atoms with Gasteiger partial charge in [0, 0.05) is 25.6 Å². The molecule has 1 saturated carbocycles. The van der Waals surface area contributed by atoms with Gasteiger partial charge in [0.2, 0.25) is 21.8 Å². The zero-order valence-electron chi connectivity index (χ0n) is 17.1. The number of hydrogen-bond acceptors (Lipinski definition) is 5. The second kappa shape index (κ2) is 10.9. The summed E-state index contributed by atoms with van der Waals surface area (Å²) in [5, 5.41) is 5.51. The molecule has 0 radical (unpaired) electrons. The Morgan fingerprint density at radius 3 is 2.37 bits per heavy atom. The second-order valence-electron chi connectivity index (χ2n) is 8.04. The SMILES string of the molecule is O=C(CNC(=O)C1CCC(CNS(=O)(=O)c2ccccc2)CC1)NCC1CCCO1. The molecule has 9 heteroatoms. The van der Waals surface area contributed by atoms with Crippen molar-refractivity contribution in [2.45, 2.75) is 49.5 Å². The highest BCUT2D eigenvalue weighted by atomic mass is 32.2. The molecule has 2 fully saturated rings. The molecule has 2 aliphatic rings. The molecule has 8 nitrogen and oxygen atoms in total. The van der Waals surface area contributed by atoms with E-state index < -0.39 is 10.0 Å². The molecule has 1 saturated heterocycles. The fourth-order valence-electron chi connectivity index (χ4n) is 3.95. The lowest BCUT2D eigenvalue weighted by Gasteiger charge is -2.27. The zero-order chi connectivity index (χ0) is 21.4. The van der Waals surface area contributed by atoms with Crippen LogP contribution in [0.15, 0.2) is 35.2 Å². The molecule has 0 bridgehead atoms. The first kappa shape index (κ1) is 22.7. The average molecular weight is 438 g/mol. The van der Waals surface area contributed by atoms with Gasteiger partial charge in [0.1, 0.15) is 0 Å². The van der Waals surface area contributed by atoms with E-state index in [1.165, 1.54) is 0 Å². The fraction of sp³-hybridized carbons (Fsp3) is 0.619. The molecule has 0 aromatic heterocycles. The summed E-state index contributed by atoms with van der Waals surface area (Å²) in [6, 6.07) is 8.31. The molecule has 1 atom stereocenters. The molecular formula is C21H31N3O5S. The van der Waals surface area contributed by atoms with Gasteiger partial charge in [0.15, 0.2) is 0 Å². The Bertz CT molecular complexity index is 801. The third-order valence-corrected chi connectivity index (χ3v) is 7.25. The summed E-state index contributed by atoms with van der Waals surface area (Å²) in [5.41, 5.74) is 0. The van der Waals surface area contributed by atoms with Crippen LogP contribution in [0.4, 0.5) is 0 Å². The Hall–Kier alpha value is -1.97. The number of carbonyl (C=O) groups excluding carboxylic acids is 2. The summed E-state index contributed by atoms with van der Waals surface area (Å²) in [4.78, 5) is 24.5. The Kier molecular flexibility index (Phi) is 8.24. The maximum absolute atomic E-state index is 12.3. The minimum atomic E-state index is -3.50. The van der Waals surface area contributed by atoms with Crippen molar-refractivity contribution < 1.29 is 22.7 Å². The van der Waals surface area contributed by atoms with Crippen LogP contribution in [0.1, 0.15) is 38.5 Å². The van der Waals surface area contributed by atoms with Gasteiger partial charge in [-0.25, -0.2) is 13.1 Å². The lowest BCUT2D eigenvalue weighted by molar-refractivity contribution is -0.129. The van der Waals surface area contributed by atoms with E-state index >= 15 is 0 Å². The number of hydrogen-bond donors (Lipinski definition) is 3. The van der Waals surface area contributed by atoms with Crippen LogP contribution in [0.2, 0.25) is 0 Å². The Morgan fingerprint density at radius 2 is 1.70 bits per heavy atom. The Labute approximate surface area is 178 Å². The van der Waals surface area contributed by atoms with E-state index in [0.717, 1.165) is 32.3 Å². The molecular weight excluding hydrogens is 406 g/mol. The summed E-state index contributed by atoms with van der Waals surface area (Å²) in [6.07, 6.45) is 5.01. The zero-order valence-corrected chi connectivity index (χ0v) is 18.0. The van der Waals surface area contributed by atoms with Crippen LogP contribution < -0.4 is 15.4 Å². The topological polar surface area (TPSA) is 114 Å². The molecule has 1 aromatic carbocycles. The molecule has 1 aromatic rings. The smallest absolute Gasteiger partial charge is 0.240 e. The van der Waals surface area contributed by atoms with Gasteiger partial charge in [-0.15, -0.1) is 0 Å². The van der Waals surface area contributed by atoms with Crippen molar-refractivity contribution in [2.24, 2.45) is 11.8 Å². The highest BCUT2D eigenvalue weighted by molar-refractivity contribution is 7.89. The van der Waals surface area contributed by atoms with Crippen molar-refractivity contribution in [3.05, 3.63) is 30.3 Å². The van der Waals surface area contributed by atoms with Gasteiger partial charge in [-0.1, -0.05) is 18.2 Å². The lowest BCUT2D eigenvalue weighted by atomic mass is 9.81. The molecule has 3 rings (SSSR count). The first-order chi connectivity index (χ1) is 14.4. The van der Waals surface area contributed by atoms with Gasteiger partial charge in [0.05, 0.1) is 17.5 Å². The molecule has 30 heavy (non-hydrogen) atoms. The predicted octanol–water partition coefficient (Wildman–Crippen LogP) is 1.18. The van der Waals surface area contributed by atoms with Gasteiger partial charge in [-0.05, 0) is 56.6 Å². The van der Waals surface area contributed by atoms with Crippen LogP contribution in [-0.2, 0) is 24.3 Å². The number of benzene rings is 1. The van der Waals surface area contributed by atoms with Crippen molar-refractivity contribution in [1.29, 1.82) is 0 Å². The maximum atomic E-state index is 12.3. The van der Waals surface area contributed by atoms with Crippen molar-refractivity contribution in [3.8, 4) is 0 Å². The molecule has 1 unspecified atom stereocenters. The van der Waals surface area contributed by atoms with E-state index in [2.05, 4.69) is 15.4 Å². The van der Waals surface area contributed by atoms with E-state index in [-0.39, 0.29) is 41.2 Å². The standard InChI is InChI=1S/C21H31N3O5S/c25-20(22-14-18-5-4-12-29-18)15-23-21(26)17-10-8-16(9-11-17)13-24-30(27,28)19-6-2-1-3-7-19/h1-3,6-7,16-18,24H,4-5,8-15H2,(H,22,25)(H,23,26). The molecule has 3 N–H and O–H groups in total. The third-order valence-electron chi connectivity index (χ3n) is 5.81. The van der Waals surface area contributed by atoms with Crippen molar-refractivity contribution in [1.82, 2.24) is 15.4 Å². The van der Waals surface area contributed by atoms with Crippen LogP contribution in [0.25, 0.3) is 0 Å². The minimum Gasteiger partial charge on any atom is -0.376 e. The first-order valence-corrected chi connectivity index (χ1v) is 12.1. The third kappa shape index (κ3) is 6.78. The van der Waals surface area contributed by atoms with Crippen LogP contribution >= 0.6 is 0 Å². The summed E-state index contributed by atoms with van der Waals surface area (Å²) >= 11 is 0. The summed E-state index contributed by atoms with van der Waals surface area (Å²) in [5.74, 6) is -0.228. The number of ether oxygens (including phenoxy) is 1. The normalized spacial score (nSPS) is 24.3. The molecule has 1 aliphatic carbocycles. The van der Waals surface area contributed by atoms with Gasteiger partial charge < -0.3 is 15.4 Å². The van der Waals surface area contributed by atoms with Crippen LogP contribution in [0.5, 0.6) is 0 Å². The van der Waals surface area contributed by atoms with E-state index in [1.54, 1.807) is 30.3 Å². The second-order valence-corrected chi connectivity index (χ2v) is 9.81. The fourth-order valence-corrected chi connectivity index (χ4v) is 5.08. The Balaban J connectivity index is 1.32. The first-order valence-electron chi connectivity index (χ1n) is 10.6. The number of carbonyl (C=O) groups is 2. The summed E-state index contributed by atoms with van der Waals surface area (Å²) < 4.78 is 32.8. The number of amides is 2. The van der Waals surface area contributed by atoms with Crippen LogP contribution in [0.3, 0.4) is 0 Å². The van der Waals surface area contributed by atoms with Crippen molar-refractivity contribution >= 4 is 21.8 Å². The highest BCUT2D eigenvalue weighted by Gasteiger charge is 2.27. The highest BCUT2D eigenvalue weighted by Crippen LogP contribution is 2.28. The van der Waals surface area contributed by atoms with Crippen molar-refractivity contribution in [3.63, 3.8) is 0 Å². The van der Waals surface area contributed by atoms with E-state index in [1.807, 2.05) is 0 Å². The van der Waals surface area contributed by atoms with E-state index in [4.69, 9.17) is 4.74 Å². The maximum Gasteiger partial charge on any atom is 0.240 e. The molecule has 2 amide bonds. The Morgan fingerprint density at radius 1 is 0.967 bits per heavy atom. The number of rotatable bonds is 9. The predicted molar refractivity (Wildman–Crippen MR) is 112 cm³/mol. The van der Waals surface area contributed by atoms with E-state index in [0.29, 0.717) is 25.9 Å². The summed E-state index contributed by atoms with van der Waals surface area (Å²) in [6.45, 7) is 1.58. The molecule has 166 valence electrons. The molecule has 1 heterocycles. The van der Waals surface area contributed by atoms with Crippen LogP contribution in [0, 0.1) is 11.8 Å². The van der Waals surface area contributed by atoms with Crippen molar-refractivity contribution in [2.75, 3.05) is 26.2 Å².